The van der Waals surface area contributed by atoms with Gasteiger partial charge in [-0.25, -0.2) is 15.0 Å². The molecule has 0 atom stereocenters. The summed E-state index contributed by atoms with van der Waals surface area (Å²) >= 11 is 1.80. The van der Waals surface area contributed by atoms with Crippen molar-refractivity contribution >= 4 is 74.9 Å². The van der Waals surface area contributed by atoms with Crippen LogP contribution in [0.1, 0.15) is 0 Å². The van der Waals surface area contributed by atoms with Gasteiger partial charge in [0.15, 0.2) is 17.5 Å². The monoisotopic (exact) mass is 756 g/mol. The van der Waals surface area contributed by atoms with Crippen molar-refractivity contribution < 1.29 is 0 Å². The summed E-state index contributed by atoms with van der Waals surface area (Å²) in [6.07, 6.45) is 0. The van der Waals surface area contributed by atoms with Crippen molar-refractivity contribution in [3.63, 3.8) is 0 Å². The lowest BCUT2D eigenvalue weighted by molar-refractivity contribution is 1.07. The number of thiophene rings is 1. The van der Waals surface area contributed by atoms with Gasteiger partial charge in [0.1, 0.15) is 0 Å². The summed E-state index contributed by atoms with van der Waals surface area (Å²) in [6, 6.07) is 69.3. The summed E-state index contributed by atoms with van der Waals surface area (Å²) in [4.78, 5) is 15.5. The largest absolute Gasteiger partial charge is 0.309 e. The molecule has 0 saturated carbocycles. The van der Waals surface area contributed by atoms with Crippen LogP contribution >= 0.6 is 11.3 Å². The molecular weight excluding hydrogens is 725 g/mol. The zero-order valence-electron chi connectivity index (χ0n) is 31.2. The van der Waals surface area contributed by atoms with Crippen LogP contribution in [-0.2, 0) is 0 Å². The molecule has 3 aromatic heterocycles. The van der Waals surface area contributed by atoms with Gasteiger partial charge in [-0.3, -0.25) is 0 Å². The third-order valence-electron chi connectivity index (χ3n) is 11.4. The van der Waals surface area contributed by atoms with E-state index in [0.717, 1.165) is 33.5 Å². The standard InChI is InChI=1S/C53H32N4S/c1-3-13-33(14-4-1)43-30-38(25-27-45(43)57-46-28-24-34-15-9-10-20-40(34)50(46)44-29-36-18-7-8-19-37(36)31-47(44)57)52-54-51(35-16-5-2-6-17-35)55-53(56-52)39-23-26-42-41-21-11-12-22-48(41)58-49(42)32-39/h1-32H. The first-order valence-corrected chi connectivity index (χ1v) is 20.3. The Hall–Kier alpha value is -7.47. The summed E-state index contributed by atoms with van der Waals surface area (Å²) in [5.41, 5.74) is 8.46. The first kappa shape index (κ1) is 32.7. The van der Waals surface area contributed by atoms with Crippen LogP contribution < -0.4 is 0 Å². The van der Waals surface area contributed by atoms with Crippen LogP contribution in [0.4, 0.5) is 0 Å². The van der Waals surface area contributed by atoms with E-state index in [1.165, 1.54) is 63.5 Å². The van der Waals surface area contributed by atoms with Crippen molar-refractivity contribution in [2.75, 3.05) is 0 Å². The molecule has 270 valence electrons. The minimum absolute atomic E-state index is 0.628. The van der Waals surface area contributed by atoms with Crippen LogP contribution in [0, 0.1) is 0 Å². The maximum absolute atomic E-state index is 5.23. The molecule has 0 N–H and O–H groups in total. The van der Waals surface area contributed by atoms with E-state index in [9.17, 15) is 0 Å². The molecule has 58 heavy (non-hydrogen) atoms. The quantitative estimate of drug-likeness (QED) is 0.176. The van der Waals surface area contributed by atoms with Crippen LogP contribution in [0.15, 0.2) is 194 Å². The van der Waals surface area contributed by atoms with Gasteiger partial charge in [0.25, 0.3) is 0 Å². The summed E-state index contributed by atoms with van der Waals surface area (Å²) in [6.45, 7) is 0. The molecule has 3 heterocycles. The van der Waals surface area contributed by atoms with Crippen LogP contribution in [0.25, 0.3) is 115 Å². The molecule has 0 aliphatic heterocycles. The summed E-state index contributed by atoms with van der Waals surface area (Å²) < 4.78 is 4.93. The van der Waals surface area contributed by atoms with E-state index in [0.29, 0.717) is 17.5 Å². The van der Waals surface area contributed by atoms with Crippen molar-refractivity contribution in [1.29, 1.82) is 0 Å². The van der Waals surface area contributed by atoms with Crippen LogP contribution in [0.5, 0.6) is 0 Å². The Bertz CT molecular complexity index is 3570. The highest BCUT2D eigenvalue weighted by atomic mass is 32.1. The third-order valence-corrected chi connectivity index (χ3v) is 12.5. The van der Waals surface area contributed by atoms with Crippen molar-refractivity contribution in [3.8, 4) is 51.0 Å². The Morgan fingerprint density at radius 3 is 1.71 bits per heavy atom. The van der Waals surface area contributed by atoms with E-state index in [-0.39, 0.29) is 0 Å². The second-order valence-corrected chi connectivity index (χ2v) is 15.9. The predicted octanol–water partition coefficient (Wildman–Crippen LogP) is 14.3. The van der Waals surface area contributed by atoms with Crippen molar-refractivity contribution in [2.45, 2.75) is 0 Å². The molecule has 0 amide bonds. The Kier molecular flexibility index (Phi) is 7.37. The van der Waals surface area contributed by atoms with E-state index in [1.54, 1.807) is 11.3 Å². The maximum atomic E-state index is 5.23. The fourth-order valence-corrected chi connectivity index (χ4v) is 9.81. The van der Waals surface area contributed by atoms with Gasteiger partial charge >= 0.3 is 0 Å². The number of hydrogen-bond donors (Lipinski definition) is 0. The number of rotatable bonds is 5. The molecule has 0 radical (unpaired) electrons. The highest BCUT2D eigenvalue weighted by molar-refractivity contribution is 7.25. The zero-order chi connectivity index (χ0) is 38.2. The van der Waals surface area contributed by atoms with Gasteiger partial charge in [-0.2, -0.15) is 0 Å². The SMILES string of the molecule is c1ccc(-c2nc(-c3ccc(-n4c5cc6ccccc6cc5c5c6ccccc6ccc54)c(-c4ccccc4)c3)nc(-c3ccc4c(c3)sc3ccccc34)n2)cc1. The molecule has 4 nitrogen and oxygen atoms in total. The van der Waals surface area contributed by atoms with Crippen molar-refractivity contribution in [2.24, 2.45) is 0 Å². The van der Waals surface area contributed by atoms with Gasteiger partial charge in [-0.05, 0) is 75.6 Å². The number of nitrogens with zero attached hydrogens (tertiary/aromatic N) is 4. The van der Waals surface area contributed by atoms with Crippen molar-refractivity contribution in [1.82, 2.24) is 19.5 Å². The lowest BCUT2D eigenvalue weighted by Crippen LogP contribution is -2.02. The molecule has 0 unspecified atom stereocenters. The average molecular weight is 757 g/mol. The van der Waals surface area contributed by atoms with E-state index in [1.807, 2.05) is 18.2 Å². The molecule has 9 aromatic carbocycles. The smallest absolute Gasteiger partial charge is 0.164 e. The van der Waals surface area contributed by atoms with Gasteiger partial charge in [0.2, 0.25) is 0 Å². The van der Waals surface area contributed by atoms with Gasteiger partial charge < -0.3 is 4.57 Å². The van der Waals surface area contributed by atoms with Gasteiger partial charge in [-0.15, -0.1) is 11.3 Å². The van der Waals surface area contributed by atoms with Crippen LogP contribution in [0.3, 0.4) is 0 Å². The number of benzene rings is 9. The van der Waals surface area contributed by atoms with E-state index in [4.69, 9.17) is 15.0 Å². The lowest BCUT2D eigenvalue weighted by atomic mass is 9.99. The maximum Gasteiger partial charge on any atom is 0.164 e. The fourth-order valence-electron chi connectivity index (χ4n) is 8.67. The highest BCUT2D eigenvalue weighted by Gasteiger charge is 2.21. The van der Waals surface area contributed by atoms with E-state index >= 15 is 0 Å². The summed E-state index contributed by atoms with van der Waals surface area (Å²) in [7, 11) is 0. The van der Waals surface area contributed by atoms with Gasteiger partial charge in [0, 0.05) is 53.2 Å². The topological polar surface area (TPSA) is 43.6 Å². The Morgan fingerprint density at radius 1 is 0.345 bits per heavy atom. The fraction of sp³-hybridized carbons (Fsp3) is 0. The first-order valence-electron chi connectivity index (χ1n) is 19.5. The summed E-state index contributed by atoms with van der Waals surface area (Å²) in [5.74, 6) is 1.92. The Balaban J connectivity index is 1.11. The number of fused-ring (bicyclic) bond motifs is 9. The second kappa shape index (κ2) is 13.1. The molecule has 0 spiro atoms. The molecule has 12 aromatic rings. The normalized spacial score (nSPS) is 11.8. The van der Waals surface area contributed by atoms with Gasteiger partial charge in [0.05, 0.1) is 16.7 Å². The molecule has 0 aliphatic rings. The average Bonchev–Trinajstić information content (AvgIpc) is 3.83. The minimum Gasteiger partial charge on any atom is -0.309 e. The first-order chi connectivity index (χ1) is 28.7. The second-order valence-electron chi connectivity index (χ2n) is 14.8. The predicted molar refractivity (Wildman–Crippen MR) is 244 cm³/mol. The Morgan fingerprint density at radius 2 is 0.931 bits per heavy atom. The third kappa shape index (κ3) is 5.25. The minimum atomic E-state index is 0.628. The Labute approximate surface area is 338 Å². The van der Waals surface area contributed by atoms with E-state index < -0.39 is 0 Å². The molecule has 0 aliphatic carbocycles. The molecule has 5 heteroatoms. The van der Waals surface area contributed by atoms with Gasteiger partial charge in [-0.1, -0.05) is 146 Å². The highest BCUT2D eigenvalue weighted by Crippen LogP contribution is 2.42. The molecule has 0 fully saturated rings. The molecule has 12 rings (SSSR count). The number of hydrogen-bond acceptors (Lipinski definition) is 4. The van der Waals surface area contributed by atoms with Crippen LogP contribution in [0.2, 0.25) is 0 Å². The van der Waals surface area contributed by atoms with E-state index in [2.05, 4.69) is 180 Å². The zero-order valence-corrected chi connectivity index (χ0v) is 32.0. The number of aromatic nitrogens is 4. The molecule has 0 saturated heterocycles. The van der Waals surface area contributed by atoms with Crippen LogP contribution in [-0.4, -0.2) is 19.5 Å². The molecular formula is C53H32N4S. The molecule has 0 bridgehead atoms. The summed E-state index contributed by atoms with van der Waals surface area (Å²) in [5, 5.41) is 9.92. The lowest BCUT2D eigenvalue weighted by Gasteiger charge is -2.16. The van der Waals surface area contributed by atoms with Crippen molar-refractivity contribution in [3.05, 3.63) is 194 Å².